The molecular formula is C22H34ClN3O6Si. The molecule has 1 aromatic carbocycles. The molecule has 1 aliphatic rings. The molecule has 3 atom stereocenters. The molecule has 9 nitrogen and oxygen atoms in total. The molecule has 0 bridgehead atoms. The van der Waals surface area contributed by atoms with E-state index < -0.39 is 30.2 Å². The monoisotopic (exact) mass is 499 g/mol. The van der Waals surface area contributed by atoms with Crippen LogP contribution in [-0.4, -0.2) is 60.1 Å². The molecule has 0 spiro atoms. The van der Waals surface area contributed by atoms with Crippen molar-refractivity contribution in [3.8, 4) is 0 Å². The van der Waals surface area contributed by atoms with Crippen LogP contribution in [0.2, 0.25) is 18.1 Å². The molecule has 11 heteroatoms. The third kappa shape index (κ3) is 5.92. The van der Waals surface area contributed by atoms with Crippen LogP contribution in [0.25, 0.3) is 0 Å². The second kappa shape index (κ2) is 10.1. The van der Waals surface area contributed by atoms with Crippen LogP contribution in [0.1, 0.15) is 39.7 Å². The molecule has 0 saturated carbocycles. The molecule has 1 fully saturated rings. The van der Waals surface area contributed by atoms with Crippen molar-refractivity contribution in [2.75, 3.05) is 13.1 Å². The van der Waals surface area contributed by atoms with Crippen molar-refractivity contribution in [1.82, 2.24) is 4.90 Å². The van der Waals surface area contributed by atoms with E-state index in [9.17, 15) is 19.7 Å². The second-order valence-corrected chi connectivity index (χ2v) is 15.4. The van der Waals surface area contributed by atoms with Gasteiger partial charge in [-0.2, -0.15) is 0 Å². The summed E-state index contributed by atoms with van der Waals surface area (Å²) in [6, 6.07) is 5.71. The van der Waals surface area contributed by atoms with E-state index in [1.165, 1.54) is 29.2 Å². The number of ether oxygens (including phenoxy) is 1. The first-order valence-corrected chi connectivity index (χ1v) is 14.2. The van der Waals surface area contributed by atoms with Crippen LogP contribution in [0.4, 0.5) is 10.5 Å². The summed E-state index contributed by atoms with van der Waals surface area (Å²) < 4.78 is 12.0. The number of hydrogen-bond donors (Lipinski definition) is 1. The number of amides is 1. The first-order chi connectivity index (χ1) is 15.1. The van der Waals surface area contributed by atoms with Gasteiger partial charge in [0.05, 0.1) is 22.9 Å². The predicted molar refractivity (Wildman–Crippen MR) is 129 cm³/mol. The number of nitro benzene ring substituents is 1. The summed E-state index contributed by atoms with van der Waals surface area (Å²) in [6.45, 7) is 12.1. The molecule has 1 unspecified atom stereocenters. The predicted octanol–water partition coefficient (Wildman–Crippen LogP) is 4.22. The topological polar surface area (TPSA) is 125 Å². The maximum Gasteiger partial charge on any atom is 0.411 e. The minimum absolute atomic E-state index is 0.0496. The van der Waals surface area contributed by atoms with Crippen molar-refractivity contribution >= 4 is 37.5 Å². The summed E-state index contributed by atoms with van der Waals surface area (Å²) in [5.41, 5.74) is 5.27. The minimum Gasteiger partial charge on any atom is -0.445 e. The zero-order chi connectivity index (χ0) is 25.2. The zero-order valence-corrected chi connectivity index (χ0v) is 21.8. The number of nitrogens with zero attached hydrogens (tertiary/aromatic N) is 2. The third-order valence-corrected chi connectivity index (χ3v) is 11.4. The van der Waals surface area contributed by atoms with Gasteiger partial charge in [-0.15, -0.1) is 11.6 Å². The first-order valence-electron chi connectivity index (χ1n) is 10.9. The van der Waals surface area contributed by atoms with E-state index >= 15 is 0 Å². The van der Waals surface area contributed by atoms with Crippen LogP contribution in [0.3, 0.4) is 0 Å². The van der Waals surface area contributed by atoms with Crippen LogP contribution in [0.5, 0.6) is 0 Å². The number of Topliss-reactive ketones (excluding diaryl/α,β-unsaturated/α-hetero) is 1. The van der Waals surface area contributed by atoms with Crippen LogP contribution in [0.15, 0.2) is 24.3 Å². The number of non-ortho nitro benzene ring substituents is 1. The fourth-order valence-electron chi connectivity index (χ4n) is 3.69. The Balaban J connectivity index is 2.24. The number of hydrogen-bond acceptors (Lipinski definition) is 7. The Kier molecular flexibility index (Phi) is 8.32. The number of carbonyl (C=O) groups is 2. The average molecular weight is 500 g/mol. The van der Waals surface area contributed by atoms with Gasteiger partial charge in [0.1, 0.15) is 12.1 Å². The summed E-state index contributed by atoms with van der Waals surface area (Å²) in [5.74, 6) is -0.347. The Bertz CT molecular complexity index is 887. The molecule has 0 radical (unpaired) electrons. The Morgan fingerprint density at radius 3 is 2.36 bits per heavy atom. The maximum atomic E-state index is 13.1. The number of nitrogens with two attached hydrogens (primary N) is 1. The molecule has 0 aromatic heterocycles. The van der Waals surface area contributed by atoms with Gasteiger partial charge in [-0.05, 0) is 42.8 Å². The molecule has 1 amide bonds. The second-order valence-electron chi connectivity index (χ2n) is 10.0. The molecule has 1 saturated heterocycles. The lowest BCUT2D eigenvalue weighted by molar-refractivity contribution is -0.384. The van der Waals surface area contributed by atoms with Crippen molar-refractivity contribution < 1.29 is 23.7 Å². The number of carbonyl (C=O) groups excluding carboxylic acids is 2. The fourth-order valence-corrected chi connectivity index (χ4v) is 5.23. The summed E-state index contributed by atoms with van der Waals surface area (Å²) in [7, 11) is -2.18. The molecule has 33 heavy (non-hydrogen) atoms. The highest BCUT2D eigenvalue weighted by Gasteiger charge is 2.55. The lowest BCUT2D eigenvalue weighted by atomic mass is 9.88. The summed E-state index contributed by atoms with van der Waals surface area (Å²) in [5, 5.41) is 9.93. The first kappa shape index (κ1) is 27.2. The lowest BCUT2D eigenvalue weighted by Gasteiger charge is -2.38. The number of halogens is 1. The summed E-state index contributed by atoms with van der Waals surface area (Å²) in [6.07, 6.45) is -0.829. The Labute approximate surface area is 200 Å². The number of rotatable bonds is 8. The quantitative estimate of drug-likeness (QED) is 0.245. The fraction of sp³-hybridized carbons (Fsp3) is 0.636. The van der Waals surface area contributed by atoms with Gasteiger partial charge in [-0.1, -0.05) is 20.8 Å². The van der Waals surface area contributed by atoms with E-state index in [0.717, 1.165) is 0 Å². The average Bonchev–Trinajstić information content (AvgIpc) is 3.09. The SMILES string of the molecule is CC(Cl)C(=O)[C@@]1(CN)C[C@@H](O[Si](C)(C)C(C)(C)C)CN1C(=O)OCc1ccc([N+](=O)[O-])cc1. The Morgan fingerprint density at radius 2 is 1.91 bits per heavy atom. The highest BCUT2D eigenvalue weighted by Crippen LogP contribution is 2.41. The lowest BCUT2D eigenvalue weighted by Crippen LogP contribution is -2.59. The van der Waals surface area contributed by atoms with Gasteiger partial charge in [0, 0.05) is 25.1 Å². The van der Waals surface area contributed by atoms with Crippen molar-refractivity contribution in [2.45, 2.75) is 75.9 Å². The molecule has 1 aromatic rings. The van der Waals surface area contributed by atoms with E-state index in [4.69, 9.17) is 26.5 Å². The molecule has 2 N–H and O–H groups in total. The number of benzene rings is 1. The molecule has 0 aliphatic carbocycles. The number of ketones is 1. The van der Waals surface area contributed by atoms with Gasteiger partial charge in [-0.3, -0.25) is 19.8 Å². The summed E-state index contributed by atoms with van der Waals surface area (Å²) in [4.78, 5) is 37.9. The largest absolute Gasteiger partial charge is 0.445 e. The molecule has 2 rings (SSSR count). The highest BCUT2D eigenvalue weighted by molar-refractivity contribution is 6.74. The van der Waals surface area contributed by atoms with Crippen LogP contribution in [0, 0.1) is 10.1 Å². The van der Waals surface area contributed by atoms with Gasteiger partial charge in [0.15, 0.2) is 14.1 Å². The number of nitro groups is 1. The smallest absolute Gasteiger partial charge is 0.411 e. The van der Waals surface area contributed by atoms with E-state index in [1.807, 2.05) is 0 Å². The van der Waals surface area contributed by atoms with Crippen molar-refractivity contribution in [3.05, 3.63) is 39.9 Å². The van der Waals surface area contributed by atoms with E-state index in [1.54, 1.807) is 6.92 Å². The van der Waals surface area contributed by atoms with Crippen LogP contribution in [-0.2, 0) is 20.6 Å². The van der Waals surface area contributed by atoms with Gasteiger partial charge < -0.3 is 14.9 Å². The molecule has 184 valence electrons. The van der Waals surface area contributed by atoms with Gasteiger partial charge in [-0.25, -0.2) is 4.79 Å². The standard InChI is InChI=1S/C22H34ClN3O6Si/c1-15(23)19(27)22(14-24)11-18(32-33(5,6)21(2,3)4)12-25(22)20(28)31-13-16-7-9-17(10-8-16)26(29)30/h7-10,15,18H,11-14,24H2,1-6H3/t15?,18-,22+/m1/s1. The van der Waals surface area contributed by atoms with Crippen molar-refractivity contribution in [1.29, 1.82) is 0 Å². The van der Waals surface area contributed by atoms with Crippen LogP contribution < -0.4 is 5.73 Å². The summed E-state index contributed by atoms with van der Waals surface area (Å²) >= 11 is 6.14. The third-order valence-electron chi connectivity index (χ3n) is 6.62. The molecule has 1 aliphatic heterocycles. The highest BCUT2D eigenvalue weighted by atomic mass is 35.5. The van der Waals surface area contributed by atoms with E-state index in [2.05, 4.69) is 33.9 Å². The zero-order valence-electron chi connectivity index (χ0n) is 20.1. The van der Waals surface area contributed by atoms with E-state index in [-0.39, 0.29) is 48.7 Å². The van der Waals surface area contributed by atoms with Crippen molar-refractivity contribution in [2.24, 2.45) is 5.73 Å². The number of likely N-dealkylation sites (tertiary alicyclic amines) is 1. The van der Waals surface area contributed by atoms with Gasteiger partial charge >= 0.3 is 6.09 Å². The van der Waals surface area contributed by atoms with Gasteiger partial charge in [0.2, 0.25) is 0 Å². The number of alkyl halides is 1. The Morgan fingerprint density at radius 1 is 1.33 bits per heavy atom. The normalized spacial score (nSPS) is 22.2. The molecule has 1 heterocycles. The molecular weight excluding hydrogens is 466 g/mol. The minimum atomic E-state index is -2.18. The van der Waals surface area contributed by atoms with Crippen molar-refractivity contribution in [3.63, 3.8) is 0 Å². The maximum absolute atomic E-state index is 13.1. The van der Waals surface area contributed by atoms with E-state index in [0.29, 0.717) is 5.56 Å². The van der Waals surface area contributed by atoms with Gasteiger partial charge in [0.25, 0.3) is 5.69 Å². The van der Waals surface area contributed by atoms with Crippen LogP contribution >= 0.6 is 11.6 Å². The Hall–Kier alpha value is -2.01.